The summed E-state index contributed by atoms with van der Waals surface area (Å²) >= 11 is 10.2. The summed E-state index contributed by atoms with van der Waals surface area (Å²) < 4.78 is 1.45. The van der Waals surface area contributed by atoms with Gasteiger partial charge in [-0.2, -0.15) is 0 Å². The molecule has 0 atom stereocenters. The van der Waals surface area contributed by atoms with Gasteiger partial charge in [-0.1, -0.05) is 23.2 Å². The van der Waals surface area contributed by atoms with E-state index in [0.29, 0.717) is 0 Å². The summed E-state index contributed by atoms with van der Waals surface area (Å²) in [6.45, 7) is 2.31. The Morgan fingerprint density at radius 1 is 1.09 bits per heavy atom. The van der Waals surface area contributed by atoms with Crippen LogP contribution in [0, 0.1) is 0 Å². The van der Waals surface area contributed by atoms with Crippen LogP contribution in [-0.2, 0) is 5.75 Å². The fourth-order valence-corrected chi connectivity index (χ4v) is 5.58. The van der Waals surface area contributed by atoms with E-state index in [0.717, 1.165) is 36.7 Å². The molecule has 2 aliphatic rings. The number of likely N-dealkylation sites (tertiary alicyclic amines) is 1. The van der Waals surface area contributed by atoms with Crippen LogP contribution < -0.4 is 0 Å². The quantitative estimate of drug-likeness (QED) is 0.616. The molecule has 1 saturated heterocycles. The van der Waals surface area contributed by atoms with Crippen LogP contribution in [0.1, 0.15) is 29.5 Å². The van der Waals surface area contributed by atoms with Gasteiger partial charge in [-0.05, 0) is 60.2 Å². The first-order valence-electron chi connectivity index (χ1n) is 7.62. The Hall–Kier alpha value is -0.740. The van der Waals surface area contributed by atoms with Gasteiger partial charge in [-0.3, -0.25) is 0 Å². The summed E-state index contributed by atoms with van der Waals surface area (Å²) in [6, 6.07) is 8.70. The molecule has 2 aliphatic heterocycles. The minimum Gasteiger partial charge on any atom is -0.306 e. The number of benzene rings is 1. The van der Waals surface area contributed by atoms with Gasteiger partial charge < -0.3 is 4.90 Å². The highest BCUT2D eigenvalue weighted by atomic mass is 35.5. The molecule has 4 rings (SSSR count). The Kier molecular flexibility index (Phi) is 4.07. The highest BCUT2D eigenvalue weighted by Crippen LogP contribution is 2.46. The van der Waals surface area contributed by atoms with Crippen molar-refractivity contribution >= 4 is 40.3 Å². The predicted molar refractivity (Wildman–Crippen MR) is 98.1 cm³/mol. The van der Waals surface area contributed by atoms with Crippen LogP contribution in [-0.4, -0.2) is 25.0 Å². The second-order valence-corrected chi connectivity index (χ2v) is 8.59. The lowest BCUT2D eigenvalue weighted by Crippen LogP contribution is -2.27. The molecule has 0 aliphatic carbocycles. The van der Waals surface area contributed by atoms with Crippen molar-refractivity contribution in [3.05, 3.63) is 56.9 Å². The fourth-order valence-electron chi connectivity index (χ4n) is 3.31. The predicted octanol–water partition coefficient (Wildman–Crippen LogP) is 5.53. The third kappa shape index (κ3) is 2.65. The number of nitrogens with zero attached hydrogens (tertiary/aromatic N) is 1. The SMILES string of the molecule is CN1CCC(=C2c3cc(Cl)ccc3CSc3sccc32)CC1. The molecule has 0 spiro atoms. The third-order valence-corrected chi connectivity index (χ3v) is 7.06. The first-order valence-corrected chi connectivity index (χ1v) is 9.87. The van der Waals surface area contributed by atoms with Crippen molar-refractivity contribution in [2.24, 2.45) is 0 Å². The van der Waals surface area contributed by atoms with Crippen LogP contribution in [0.4, 0.5) is 0 Å². The number of thiophene rings is 1. The molecule has 0 unspecified atom stereocenters. The summed E-state index contributed by atoms with van der Waals surface area (Å²) in [6.07, 6.45) is 2.33. The van der Waals surface area contributed by atoms with Gasteiger partial charge in [0.25, 0.3) is 0 Å². The van der Waals surface area contributed by atoms with E-state index >= 15 is 0 Å². The topological polar surface area (TPSA) is 3.24 Å². The Morgan fingerprint density at radius 2 is 1.91 bits per heavy atom. The summed E-state index contributed by atoms with van der Waals surface area (Å²) in [5, 5.41) is 3.07. The second-order valence-electron chi connectivity index (χ2n) is 5.99. The van der Waals surface area contributed by atoms with Gasteiger partial charge in [-0.25, -0.2) is 0 Å². The first-order chi connectivity index (χ1) is 10.7. The third-order valence-electron chi connectivity index (χ3n) is 4.54. The lowest BCUT2D eigenvalue weighted by molar-refractivity contribution is 0.313. The zero-order valence-electron chi connectivity index (χ0n) is 12.6. The number of piperidine rings is 1. The van der Waals surface area contributed by atoms with Crippen LogP contribution in [0.15, 0.2) is 39.4 Å². The molecule has 1 nitrogen and oxygen atoms in total. The van der Waals surface area contributed by atoms with Crippen LogP contribution in [0.5, 0.6) is 0 Å². The molecule has 2 aromatic rings. The Bertz CT molecular complexity index is 737. The normalized spacial score (nSPS) is 18.8. The van der Waals surface area contributed by atoms with Crippen molar-refractivity contribution in [1.29, 1.82) is 0 Å². The van der Waals surface area contributed by atoms with Crippen molar-refractivity contribution in [2.45, 2.75) is 22.8 Å². The number of thioether (sulfide) groups is 1. The summed E-state index contributed by atoms with van der Waals surface area (Å²) in [7, 11) is 2.21. The van der Waals surface area contributed by atoms with E-state index in [-0.39, 0.29) is 0 Å². The fraction of sp³-hybridized carbons (Fsp3) is 0.333. The minimum atomic E-state index is 0.841. The molecule has 1 aromatic heterocycles. The van der Waals surface area contributed by atoms with Gasteiger partial charge >= 0.3 is 0 Å². The molecule has 4 heteroatoms. The smallest absolute Gasteiger partial charge is 0.0680 e. The molecule has 1 fully saturated rings. The average Bonchev–Trinajstić information content (AvgIpc) is 2.91. The number of hydrogen-bond acceptors (Lipinski definition) is 3. The van der Waals surface area contributed by atoms with Gasteiger partial charge in [0.15, 0.2) is 0 Å². The number of fused-ring (bicyclic) bond motifs is 2. The van der Waals surface area contributed by atoms with E-state index < -0.39 is 0 Å². The van der Waals surface area contributed by atoms with Crippen LogP contribution in [0.2, 0.25) is 5.02 Å². The van der Waals surface area contributed by atoms with Gasteiger partial charge in [0, 0.05) is 29.4 Å². The monoisotopic (exact) mass is 347 g/mol. The van der Waals surface area contributed by atoms with Crippen molar-refractivity contribution in [1.82, 2.24) is 4.90 Å². The maximum atomic E-state index is 6.32. The average molecular weight is 348 g/mol. The molecular formula is C18H18ClNS2. The van der Waals surface area contributed by atoms with E-state index in [1.54, 1.807) is 5.57 Å². The summed E-state index contributed by atoms with van der Waals surface area (Å²) in [5.74, 6) is 1.04. The minimum absolute atomic E-state index is 0.841. The molecule has 1 aromatic carbocycles. The highest BCUT2D eigenvalue weighted by Gasteiger charge is 2.24. The van der Waals surface area contributed by atoms with Crippen molar-refractivity contribution in [3.8, 4) is 0 Å². The standard InChI is InChI=1S/C18H18ClNS2/c1-20-7-4-12(5-8-20)17-15-6-9-21-18(15)22-11-13-2-3-14(19)10-16(13)17/h2-3,6,9-10H,4-5,7-8,11H2,1H3. The summed E-state index contributed by atoms with van der Waals surface area (Å²) in [5.41, 5.74) is 7.27. The molecule has 0 amide bonds. The maximum Gasteiger partial charge on any atom is 0.0680 e. The van der Waals surface area contributed by atoms with Crippen LogP contribution in [0.25, 0.3) is 5.57 Å². The molecule has 0 radical (unpaired) electrons. The number of rotatable bonds is 0. The number of hydrogen-bond donors (Lipinski definition) is 0. The number of halogens is 1. The molecule has 0 saturated carbocycles. The van der Waals surface area contributed by atoms with Crippen molar-refractivity contribution in [3.63, 3.8) is 0 Å². The van der Waals surface area contributed by atoms with Gasteiger partial charge in [0.2, 0.25) is 0 Å². The molecule has 22 heavy (non-hydrogen) atoms. The lowest BCUT2D eigenvalue weighted by atomic mass is 9.88. The largest absolute Gasteiger partial charge is 0.306 e. The van der Waals surface area contributed by atoms with Gasteiger partial charge in [0.05, 0.1) is 4.21 Å². The highest BCUT2D eigenvalue weighted by molar-refractivity contribution is 8.00. The summed E-state index contributed by atoms with van der Waals surface area (Å²) in [4.78, 5) is 2.42. The molecule has 0 N–H and O–H groups in total. The molecule has 3 heterocycles. The Labute approximate surface area is 145 Å². The zero-order chi connectivity index (χ0) is 15.1. The Balaban J connectivity index is 1.93. The van der Waals surface area contributed by atoms with Crippen LogP contribution in [0.3, 0.4) is 0 Å². The van der Waals surface area contributed by atoms with Crippen LogP contribution >= 0.6 is 34.7 Å². The van der Waals surface area contributed by atoms with Gasteiger partial charge in [-0.15, -0.1) is 23.1 Å². The van der Waals surface area contributed by atoms with E-state index in [4.69, 9.17) is 11.6 Å². The molecular weight excluding hydrogens is 330 g/mol. The lowest BCUT2D eigenvalue weighted by Gasteiger charge is -2.27. The van der Waals surface area contributed by atoms with E-state index in [1.807, 2.05) is 29.2 Å². The zero-order valence-corrected chi connectivity index (χ0v) is 15.0. The maximum absolute atomic E-state index is 6.32. The Morgan fingerprint density at radius 3 is 2.73 bits per heavy atom. The van der Waals surface area contributed by atoms with Gasteiger partial charge in [0.1, 0.15) is 0 Å². The van der Waals surface area contributed by atoms with Crippen molar-refractivity contribution in [2.75, 3.05) is 20.1 Å². The molecule has 114 valence electrons. The molecule has 0 bridgehead atoms. The van der Waals surface area contributed by atoms with E-state index in [9.17, 15) is 0 Å². The van der Waals surface area contributed by atoms with E-state index in [2.05, 4.69) is 35.5 Å². The van der Waals surface area contributed by atoms with Crippen molar-refractivity contribution < 1.29 is 0 Å². The first kappa shape index (κ1) is 14.8. The van der Waals surface area contributed by atoms with E-state index in [1.165, 1.54) is 26.5 Å². The second kappa shape index (κ2) is 6.04.